The molecule has 10 heteroatoms. The van der Waals surface area contributed by atoms with E-state index in [-0.39, 0.29) is 25.4 Å². The Hall–Kier alpha value is -3.56. The van der Waals surface area contributed by atoms with Crippen molar-refractivity contribution in [3.63, 3.8) is 0 Å². The maximum atomic E-state index is 13.6. The van der Waals surface area contributed by atoms with E-state index in [0.29, 0.717) is 0 Å². The van der Waals surface area contributed by atoms with Gasteiger partial charge >= 0.3 is 18.2 Å². The topological polar surface area (TPSA) is 95.9 Å². The minimum Gasteiger partial charge on any atom is -0.481 e. The van der Waals surface area contributed by atoms with Crippen LogP contribution in [0.4, 0.5) is 18.0 Å². The standard InChI is InChI=1S/C24H23F3N2O5/c1-29(14-10-13(11-14)22(31)32)21(30)20(24(25,26)27)28-23(33)34-12-19-17-8-4-2-6-15(17)16-7-3-5-9-18(16)19/h2-9,13-14,19-20H,10-12H2,1H3,(H,28,33)(H,31,32). The molecule has 1 unspecified atom stereocenters. The van der Waals surface area contributed by atoms with Gasteiger partial charge in [-0.2, -0.15) is 13.2 Å². The van der Waals surface area contributed by atoms with Crippen LogP contribution in [0.2, 0.25) is 0 Å². The molecule has 0 heterocycles. The van der Waals surface area contributed by atoms with E-state index in [1.807, 2.05) is 48.5 Å². The number of rotatable bonds is 6. The lowest BCUT2D eigenvalue weighted by Gasteiger charge is -2.40. The van der Waals surface area contributed by atoms with Gasteiger partial charge in [0.2, 0.25) is 6.04 Å². The molecule has 0 saturated heterocycles. The van der Waals surface area contributed by atoms with Gasteiger partial charge in [0.05, 0.1) is 5.92 Å². The monoisotopic (exact) mass is 476 g/mol. The van der Waals surface area contributed by atoms with Crippen LogP contribution >= 0.6 is 0 Å². The smallest absolute Gasteiger partial charge is 0.417 e. The van der Waals surface area contributed by atoms with E-state index >= 15 is 0 Å². The van der Waals surface area contributed by atoms with Gasteiger partial charge in [0, 0.05) is 19.0 Å². The van der Waals surface area contributed by atoms with Crippen LogP contribution in [0.1, 0.15) is 29.9 Å². The highest BCUT2D eigenvalue weighted by atomic mass is 19.4. The summed E-state index contributed by atoms with van der Waals surface area (Å²) in [6.45, 7) is -0.197. The number of hydrogen-bond donors (Lipinski definition) is 2. The number of fused-ring (bicyclic) bond motifs is 3. The van der Waals surface area contributed by atoms with Crippen LogP contribution in [-0.4, -0.2) is 59.9 Å². The number of hydrogen-bond acceptors (Lipinski definition) is 4. The summed E-state index contributed by atoms with van der Waals surface area (Å²) in [6.07, 6.45) is -6.28. The van der Waals surface area contributed by atoms with E-state index in [1.165, 1.54) is 7.05 Å². The Morgan fingerprint density at radius 3 is 2.09 bits per heavy atom. The van der Waals surface area contributed by atoms with Crippen molar-refractivity contribution in [1.29, 1.82) is 0 Å². The Balaban J connectivity index is 1.41. The molecule has 7 nitrogen and oxygen atoms in total. The zero-order valence-corrected chi connectivity index (χ0v) is 18.2. The number of alkyl halides is 3. The summed E-state index contributed by atoms with van der Waals surface area (Å²) in [5, 5.41) is 10.6. The van der Waals surface area contributed by atoms with E-state index in [2.05, 4.69) is 0 Å². The third-order valence-electron chi connectivity index (χ3n) is 6.54. The first-order chi connectivity index (χ1) is 16.1. The quantitative estimate of drug-likeness (QED) is 0.662. The molecule has 0 bridgehead atoms. The SMILES string of the molecule is CN(C(=O)C(NC(=O)OCC1c2ccccc2-c2ccccc21)C(F)(F)F)C1CC(C(=O)O)C1. The van der Waals surface area contributed by atoms with Crippen LogP contribution in [-0.2, 0) is 14.3 Å². The molecule has 2 aromatic rings. The number of carbonyl (C=O) groups is 3. The van der Waals surface area contributed by atoms with Gasteiger partial charge < -0.3 is 20.1 Å². The van der Waals surface area contributed by atoms with Crippen LogP contribution in [0.3, 0.4) is 0 Å². The number of nitrogens with one attached hydrogen (secondary N) is 1. The van der Waals surface area contributed by atoms with Crippen LogP contribution in [0.5, 0.6) is 0 Å². The van der Waals surface area contributed by atoms with Crippen LogP contribution in [0, 0.1) is 5.92 Å². The number of benzene rings is 2. The van der Waals surface area contributed by atoms with E-state index in [4.69, 9.17) is 9.84 Å². The van der Waals surface area contributed by atoms with Gasteiger partial charge in [-0.1, -0.05) is 48.5 Å². The highest BCUT2D eigenvalue weighted by Crippen LogP contribution is 2.44. The molecule has 34 heavy (non-hydrogen) atoms. The molecule has 2 aromatic carbocycles. The number of alkyl carbamates (subject to hydrolysis) is 1. The number of halogens is 3. The molecule has 0 radical (unpaired) electrons. The number of carboxylic acid groups (broad SMARTS) is 1. The van der Waals surface area contributed by atoms with Crippen LogP contribution in [0.25, 0.3) is 11.1 Å². The maximum Gasteiger partial charge on any atom is 0.417 e. The molecule has 2 aliphatic carbocycles. The zero-order valence-electron chi connectivity index (χ0n) is 18.2. The Morgan fingerprint density at radius 1 is 1.06 bits per heavy atom. The van der Waals surface area contributed by atoms with Gasteiger partial charge in [0.15, 0.2) is 0 Å². The second-order valence-electron chi connectivity index (χ2n) is 8.55. The fourth-order valence-corrected chi connectivity index (χ4v) is 4.53. The molecule has 2 N–H and O–H groups in total. The predicted molar refractivity (Wildman–Crippen MR) is 115 cm³/mol. The molecule has 0 spiro atoms. The Kier molecular flexibility index (Phi) is 6.24. The Bertz CT molecular complexity index is 1070. The lowest BCUT2D eigenvalue weighted by Crippen LogP contribution is -2.59. The number of carbonyl (C=O) groups excluding carboxylic acids is 2. The van der Waals surface area contributed by atoms with Crippen molar-refractivity contribution in [2.75, 3.05) is 13.7 Å². The largest absolute Gasteiger partial charge is 0.481 e. The average molecular weight is 476 g/mol. The van der Waals surface area contributed by atoms with E-state index in [9.17, 15) is 27.6 Å². The zero-order chi connectivity index (χ0) is 24.6. The van der Waals surface area contributed by atoms with Gasteiger partial charge in [-0.3, -0.25) is 9.59 Å². The van der Waals surface area contributed by atoms with Crippen LogP contribution < -0.4 is 5.32 Å². The molecule has 2 amide bonds. The normalized spacial score (nSPS) is 19.9. The third kappa shape index (κ3) is 4.44. The van der Waals surface area contributed by atoms with Crippen molar-refractivity contribution in [2.45, 2.75) is 37.0 Å². The summed E-state index contributed by atoms with van der Waals surface area (Å²) < 4.78 is 46.0. The molecular formula is C24H23F3N2O5. The molecule has 180 valence electrons. The Labute approximate surface area is 193 Å². The van der Waals surface area contributed by atoms with Gasteiger partial charge in [-0.15, -0.1) is 0 Å². The second-order valence-corrected chi connectivity index (χ2v) is 8.55. The summed E-state index contributed by atoms with van der Waals surface area (Å²) in [7, 11) is 1.17. The molecule has 1 atom stereocenters. The first-order valence-electron chi connectivity index (χ1n) is 10.8. The molecule has 0 aliphatic heterocycles. The van der Waals surface area contributed by atoms with Gasteiger partial charge in [-0.25, -0.2) is 4.79 Å². The summed E-state index contributed by atoms with van der Waals surface area (Å²) in [5.41, 5.74) is 3.74. The molecule has 1 fully saturated rings. The summed E-state index contributed by atoms with van der Waals surface area (Å²) in [6, 6.07) is 11.6. The summed E-state index contributed by atoms with van der Waals surface area (Å²) in [4.78, 5) is 36.6. The number of carboxylic acids is 1. The van der Waals surface area contributed by atoms with Gasteiger partial charge in [0.25, 0.3) is 5.91 Å². The van der Waals surface area contributed by atoms with E-state index in [0.717, 1.165) is 27.2 Å². The number of nitrogens with zero attached hydrogens (tertiary/aromatic N) is 1. The summed E-state index contributed by atoms with van der Waals surface area (Å²) >= 11 is 0. The number of aliphatic carboxylic acids is 1. The first kappa shape index (κ1) is 23.6. The van der Waals surface area contributed by atoms with Crippen molar-refractivity contribution in [3.05, 3.63) is 59.7 Å². The van der Waals surface area contributed by atoms with E-state index < -0.39 is 42.1 Å². The molecular weight excluding hydrogens is 453 g/mol. The van der Waals surface area contributed by atoms with Gasteiger partial charge in [0.1, 0.15) is 6.61 Å². The van der Waals surface area contributed by atoms with Crippen LogP contribution in [0.15, 0.2) is 48.5 Å². The second kappa shape index (κ2) is 9.00. The third-order valence-corrected chi connectivity index (χ3v) is 6.54. The Morgan fingerprint density at radius 2 is 1.59 bits per heavy atom. The van der Waals surface area contributed by atoms with Crippen molar-refractivity contribution in [1.82, 2.24) is 10.2 Å². The lowest BCUT2D eigenvalue weighted by atomic mass is 9.79. The number of amides is 2. The fraction of sp³-hybridized carbons (Fsp3) is 0.375. The number of ether oxygens (including phenoxy) is 1. The molecule has 4 rings (SSSR count). The average Bonchev–Trinajstić information content (AvgIpc) is 3.07. The minimum atomic E-state index is -5.05. The summed E-state index contributed by atoms with van der Waals surface area (Å²) in [5.74, 6) is -3.46. The van der Waals surface area contributed by atoms with E-state index in [1.54, 1.807) is 5.32 Å². The minimum absolute atomic E-state index is 0.0626. The highest BCUT2D eigenvalue weighted by molar-refractivity contribution is 5.87. The maximum absolute atomic E-state index is 13.6. The lowest BCUT2D eigenvalue weighted by molar-refractivity contribution is -0.177. The van der Waals surface area contributed by atoms with Crippen molar-refractivity contribution < 1.29 is 37.4 Å². The highest BCUT2D eigenvalue weighted by Gasteiger charge is 2.50. The fourth-order valence-electron chi connectivity index (χ4n) is 4.53. The van der Waals surface area contributed by atoms with Gasteiger partial charge in [-0.05, 0) is 35.1 Å². The van der Waals surface area contributed by atoms with Crippen molar-refractivity contribution in [2.24, 2.45) is 5.92 Å². The molecule has 1 saturated carbocycles. The van der Waals surface area contributed by atoms with Crippen molar-refractivity contribution >= 4 is 18.0 Å². The first-order valence-corrected chi connectivity index (χ1v) is 10.8. The van der Waals surface area contributed by atoms with Crippen molar-refractivity contribution in [3.8, 4) is 11.1 Å². The molecule has 2 aliphatic rings. The number of likely N-dealkylation sites (N-methyl/N-ethyl adjacent to an activating group) is 1. The predicted octanol–water partition coefficient (Wildman–Crippen LogP) is 3.78. The molecule has 0 aromatic heterocycles.